The van der Waals surface area contributed by atoms with Gasteiger partial charge >= 0.3 is 5.97 Å². The standard InChI is InChI=1S/C37H37F2N7O3S/c1-3-44-14-16-45(17-15-44)20-28-6-10-30(11-7-28)36(47)48-25-49-37(22-46-24-41-23-42-46,32-13-12-31(38)18-33(32)39)26(2)35-43-34(21-50-35)29-8-4-27(19-40)5-9-29/h4-13,18,21,23-24,26H,3,14-17,20,22,25H2,1-2H3/t26-,37+/m0/s1. The van der Waals surface area contributed by atoms with E-state index < -0.39 is 35.9 Å². The lowest BCUT2D eigenvalue weighted by atomic mass is 9.81. The number of thiazole rings is 1. The van der Waals surface area contributed by atoms with Gasteiger partial charge in [0.05, 0.1) is 34.4 Å². The maximum Gasteiger partial charge on any atom is 0.340 e. The first-order chi connectivity index (χ1) is 24.3. The molecule has 1 aliphatic rings. The molecule has 1 aliphatic heterocycles. The summed E-state index contributed by atoms with van der Waals surface area (Å²) in [7, 11) is 0. The fourth-order valence-corrected chi connectivity index (χ4v) is 7.13. The number of piperazine rings is 1. The maximum atomic E-state index is 15.8. The van der Waals surface area contributed by atoms with Crippen LogP contribution in [-0.2, 0) is 28.2 Å². The first-order valence-electron chi connectivity index (χ1n) is 16.4. The van der Waals surface area contributed by atoms with Gasteiger partial charge in [0.1, 0.15) is 29.9 Å². The number of likely N-dealkylation sites (N-methyl/N-ethyl adjacent to an activating group) is 1. The number of aromatic nitrogens is 4. The number of hydrogen-bond donors (Lipinski definition) is 0. The third-order valence-corrected chi connectivity index (χ3v) is 10.2. The predicted octanol–water partition coefficient (Wildman–Crippen LogP) is 6.22. The highest BCUT2D eigenvalue weighted by Gasteiger charge is 2.45. The summed E-state index contributed by atoms with van der Waals surface area (Å²) in [4.78, 5) is 26.9. The number of halogens is 2. The Morgan fingerprint density at radius 2 is 1.78 bits per heavy atom. The second-order valence-corrected chi connectivity index (χ2v) is 13.1. The number of benzene rings is 3. The van der Waals surface area contributed by atoms with Crippen molar-refractivity contribution in [2.75, 3.05) is 39.5 Å². The van der Waals surface area contributed by atoms with Crippen molar-refractivity contribution in [3.8, 4) is 17.3 Å². The van der Waals surface area contributed by atoms with Crippen LogP contribution in [0.15, 0.2) is 84.8 Å². The molecule has 0 bridgehead atoms. The fourth-order valence-electron chi connectivity index (χ4n) is 6.17. The Labute approximate surface area is 293 Å². The van der Waals surface area contributed by atoms with E-state index in [-0.39, 0.29) is 12.1 Å². The molecule has 3 heterocycles. The molecule has 1 fully saturated rings. The molecule has 1 saturated heterocycles. The molecule has 0 N–H and O–H groups in total. The highest BCUT2D eigenvalue weighted by molar-refractivity contribution is 7.10. The first kappa shape index (κ1) is 35.0. The molecule has 2 atom stereocenters. The van der Waals surface area contributed by atoms with Crippen molar-refractivity contribution in [3.63, 3.8) is 0 Å². The highest BCUT2D eigenvalue weighted by atomic mass is 32.1. The van der Waals surface area contributed by atoms with Gasteiger partial charge in [0.2, 0.25) is 0 Å². The molecule has 0 saturated carbocycles. The van der Waals surface area contributed by atoms with Crippen LogP contribution in [0.4, 0.5) is 8.78 Å². The topological polar surface area (TPSA) is 109 Å². The number of carbonyl (C=O) groups is 1. The van der Waals surface area contributed by atoms with Crippen LogP contribution in [-0.4, -0.2) is 75.0 Å². The molecule has 13 heteroatoms. The molecule has 0 spiro atoms. The average Bonchev–Trinajstić information content (AvgIpc) is 3.85. The van der Waals surface area contributed by atoms with Crippen LogP contribution in [0.3, 0.4) is 0 Å². The smallest absolute Gasteiger partial charge is 0.340 e. The molecule has 3 aromatic carbocycles. The number of rotatable bonds is 13. The summed E-state index contributed by atoms with van der Waals surface area (Å²) in [5, 5.41) is 15.9. The summed E-state index contributed by atoms with van der Waals surface area (Å²) in [5.41, 5.74) is 1.90. The van der Waals surface area contributed by atoms with Crippen molar-refractivity contribution in [1.82, 2.24) is 29.5 Å². The Balaban J connectivity index is 1.24. The van der Waals surface area contributed by atoms with E-state index in [9.17, 15) is 14.4 Å². The number of nitrogens with zero attached hydrogens (tertiary/aromatic N) is 7. The predicted molar refractivity (Wildman–Crippen MR) is 184 cm³/mol. The average molecular weight is 698 g/mol. The Hall–Kier alpha value is -4.87. The molecule has 6 rings (SSSR count). The quantitative estimate of drug-likeness (QED) is 0.105. The molecule has 0 unspecified atom stereocenters. The molecular weight excluding hydrogens is 661 g/mol. The number of hydrogen-bond acceptors (Lipinski definition) is 10. The minimum Gasteiger partial charge on any atom is -0.435 e. The molecular formula is C37H37F2N7O3S. The van der Waals surface area contributed by atoms with E-state index in [0.29, 0.717) is 21.8 Å². The van der Waals surface area contributed by atoms with Gasteiger partial charge in [0.25, 0.3) is 0 Å². The Kier molecular flexibility index (Phi) is 11.0. The van der Waals surface area contributed by atoms with E-state index in [2.05, 4.69) is 32.9 Å². The van der Waals surface area contributed by atoms with E-state index in [1.54, 1.807) is 36.4 Å². The monoisotopic (exact) mass is 697 g/mol. The van der Waals surface area contributed by atoms with Crippen LogP contribution in [0.25, 0.3) is 11.3 Å². The van der Waals surface area contributed by atoms with Crippen LogP contribution in [0.1, 0.15) is 51.8 Å². The summed E-state index contributed by atoms with van der Waals surface area (Å²) < 4.78 is 43.5. The van der Waals surface area contributed by atoms with Gasteiger partial charge in [0, 0.05) is 61.2 Å². The highest BCUT2D eigenvalue weighted by Crippen LogP contribution is 2.44. The summed E-state index contributed by atoms with van der Waals surface area (Å²) >= 11 is 1.35. The van der Waals surface area contributed by atoms with E-state index in [4.69, 9.17) is 14.5 Å². The zero-order valence-corrected chi connectivity index (χ0v) is 28.7. The summed E-state index contributed by atoms with van der Waals surface area (Å²) in [6, 6.07) is 19.7. The largest absolute Gasteiger partial charge is 0.435 e. The van der Waals surface area contributed by atoms with Gasteiger partial charge in [-0.2, -0.15) is 10.4 Å². The molecule has 5 aromatic rings. The zero-order chi connectivity index (χ0) is 35.1. The number of esters is 1. The van der Waals surface area contributed by atoms with Gasteiger partial charge in [-0.1, -0.05) is 44.2 Å². The maximum absolute atomic E-state index is 15.8. The molecule has 10 nitrogen and oxygen atoms in total. The van der Waals surface area contributed by atoms with E-state index >= 15 is 4.39 Å². The summed E-state index contributed by atoms with van der Waals surface area (Å²) in [6.07, 6.45) is 2.81. The normalized spacial score (nSPS) is 15.7. The Bertz CT molecular complexity index is 1920. The second kappa shape index (κ2) is 15.8. The van der Waals surface area contributed by atoms with Crippen molar-refractivity contribution in [2.45, 2.75) is 38.5 Å². The molecule has 2 aromatic heterocycles. The number of carbonyl (C=O) groups excluding carboxylic acids is 1. The molecule has 258 valence electrons. The van der Waals surface area contributed by atoms with Gasteiger partial charge in [-0.25, -0.2) is 28.2 Å². The SMILES string of the molecule is CCN1CCN(Cc2ccc(C(=O)OCO[C@@](Cn3cncn3)(c3ccc(F)cc3F)[C@@H](C)c3nc(-c4ccc(C#N)cc4)cs3)cc2)CC1. The Morgan fingerprint density at radius 3 is 2.44 bits per heavy atom. The van der Waals surface area contributed by atoms with E-state index in [1.807, 2.05) is 24.4 Å². The van der Waals surface area contributed by atoms with Crippen LogP contribution >= 0.6 is 11.3 Å². The molecule has 0 aliphatic carbocycles. The van der Waals surface area contributed by atoms with Gasteiger partial charge < -0.3 is 14.4 Å². The number of nitriles is 1. The van der Waals surface area contributed by atoms with Crippen molar-refractivity contribution in [1.29, 1.82) is 5.26 Å². The summed E-state index contributed by atoms with van der Waals surface area (Å²) in [5.74, 6) is -2.84. The lowest BCUT2D eigenvalue weighted by Gasteiger charge is -2.38. The molecule has 0 radical (unpaired) electrons. The summed E-state index contributed by atoms with van der Waals surface area (Å²) in [6.45, 7) is 9.34. The van der Waals surface area contributed by atoms with Crippen molar-refractivity contribution in [3.05, 3.63) is 124 Å². The molecule has 50 heavy (non-hydrogen) atoms. The lowest BCUT2D eigenvalue weighted by Crippen LogP contribution is -2.45. The molecule has 0 amide bonds. The number of ether oxygens (including phenoxy) is 2. The second-order valence-electron chi connectivity index (χ2n) is 12.2. The fraction of sp³-hybridized carbons (Fsp3) is 0.324. The van der Waals surface area contributed by atoms with Gasteiger partial charge in [-0.3, -0.25) is 4.90 Å². The van der Waals surface area contributed by atoms with E-state index in [1.165, 1.54) is 34.7 Å². The van der Waals surface area contributed by atoms with Crippen LogP contribution in [0.5, 0.6) is 0 Å². The van der Waals surface area contributed by atoms with Gasteiger partial charge in [-0.15, -0.1) is 11.3 Å². The third-order valence-electron chi connectivity index (χ3n) is 9.17. The van der Waals surface area contributed by atoms with E-state index in [0.717, 1.165) is 62.5 Å². The minimum absolute atomic E-state index is 0.0391. The minimum atomic E-state index is -1.57. The Morgan fingerprint density at radius 1 is 1.04 bits per heavy atom. The first-order valence-corrected chi connectivity index (χ1v) is 17.2. The van der Waals surface area contributed by atoms with Crippen LogP contribution in [0.2, 0.25) is 0 Å². The van der Waals surface area contributed by atoms with Crippen molar-refractivity contribution in [2.24, 2.45) is 0 Å². The van der Waals surface area contributed by atoms with Gasteiger partial charge in [0.15, 0.2) is 6.79 Å². The van der Waals surface area contributed by atoms with Crippen molar-refractivity contribution < 1.29 is 23.0 Å². The lowest BCUT2D eigenvalue weighted by molar-refractivity contribution is -0.148. The third kappa shape index (κ3) is 7.95. The van der Waals surface area contributed by atoms with Crippen LogP contribution in [0, 0.1) is 23.0 Å². The van der Waals surface area contributed by atoms with Gasteiger partial charge in [-0.05, 0) is 42.4 Å². The van der Waals surface area contributed by atoms with Crippen molar-refractivity contribution >= 4 is 17.3 Å². The van der Waals surface area contributed by atoms with Crippen LogP contribution < -0.4 is 0 Å². The zero-order valence-electron chi connectivity index (χ0n) is 27.8.